The van der Waals surface area contributed by atoms with E-state index >= 15 is 0 Å². The zero-order valence-electron chi connectivity index (χ0n) is 18.0. The van der Waals surface area contributed by atoms with Gasteiger partial charge < -0.3 is 20.1 Å². The van der Waals surface area contributed by atoms with Gasteiger partial charge in [0.05, 0.1) is 13.3 Å². The van der Waals surface area contributed by atoms with Gasteiger partial charge in [0.2, 0.25) is 0 Å². The predicted octanol–water partition coefficient (Wildman–Crippen LogP) is 2.73. The van der Waals surface area contributed by atoms with Gasteiger partial charge in [0.25, 0.3) is 5.91 Å². The number of nitrogens with one attached hydrogen (secondary N) is 3. The lowest BCUT2D eigenvalue weighted by molar-refractivity contribution is -0.139. The van der Waals surface area contributed by atoms with Crippen molar-refractivity contribution in [3.63, 3.8) is 0 Å². The fraction of sp³-hybridized carbons (Fsp3) is 0.273. The molecule has 9 nitrogen and oxygen atoms in total. The summed E-state index contributed by atoms with van der Waals surface area (Å²) in [5.74, 6) is -1.24. The Morgan fingerprint density at radius 3 is 2.47 bits per heavy atom. The van der Waals surface area contributed by atoms with E-state index in [1.54, 1.807) is 49.4 Å². The summed E-state index contributed by atoms with van der Waals surface area (Å²) in [5.41, 5.74) is 3.35. The Balaban J connectivity index is 1.90. The van der Waals surface area contributed by atoms with Crippen LogP contribution in [0, 0.1) is 0 Å². The quantitative estimate of drug-likeness (QED) is 0.302. The number of hydrazone groups is 1. The van der Waals surface area contributed by atoms with E-state index in [1.165, 1.54) is 13.3 Å². The summed E-state index contributed by atoms with van der Waals surface area (Å²) in [6.07, 6.45) is 2.06. The first-order valence-corrected chi connectivity index (χ1v) is 10.2. The molecule has 170 valence electrons. The Kier molecular flexibility index (Phi) is 9.49. The molecule has 2 aromatic rings. The zero-order chi connectivity index (χ0) is 23.5. The van der Waals surface area contributed by atoms with E-state index in [1.807, 2.05) is 6.92 Å². The van der Waals surface area contributed by atoms with Crippen molar-refractivity contribution in [2.75, 3.05) is 19.0 Å². The maximum absolute atomic E-state index is 12.1. The third kappa shape index (κ3) is 7.92. The fourth-order valence-electron chi connectivity index (χ4n) is 2.36. The molecule has 0 aromatic heterocycles. The van der Waals surface area contributed by atoms with E-state index < -0.39 is 11.8 Å². The highest BCUT2D eigenvalue weighted by Gasteiger charge is 2.14. The molecule has 2 rings (SSSR count). The van der Waals surface area contributed by atoms with Gasteiger partial charge in [-0.2, -0.15) is 5.10 Å². The lowest BCUT2D eigenvalue weighted by Gasteiger charge is -2.11. The third-order valence-corrected chi connectivity index (χ3v) is 4.50. The molecule has 3 N–H and O–H groups in total. The SMILES string of the molecule is CC[C@@H](C)NC(=O)C(=O)N/N=C\c1ccc(OCC(=O)Nc2ccc(Cl)cc2)c(OC)c1. The molecule has 0 saturated heterocycles. The van der Waals surface area contributed by atoms with Crippen LogP contribution in [0.3, 0.4) is 0 Å². The van der Waals surface area contributed by atoms with Gasteiger partial charge >= 0.3 is 11.8 Å². The van der Waals surface area contributed by atoms with Gasteiger partial charge in [-0.05, 0) is 61.4 Å². The van der Waals surface area contributed by atoms with Crippen LogP contribution in [0.25, 0.3) is 0 Å². The van der Waals surface area contributed by atoms with E-state index in [2.05, 4.69) is 21.2 Å². The van der Waals surface area contributed by atoms with Gasteiger partial charge in [-0.3, -0.25) is 14.4 Å². The minimum absolute atomic E-state index is 0.109. The van der Waals surface area contributed by atoms with Gasteiger partial charge in [0, 0.05) is 16.8 Å². The fourth-order valence-corrected chi connectivity index (χ4v) is 2.49. The summed E-state index contributed by atoms with van der Waals surface area (Å²) in [6, 6.07) is 11.5. The second kappa shape index (κ2) is 12.3. The number of nitrogens with zero attached hydrogens (tertiary/aromatic N) is 1. The first-order chi connectivity index (χ1) is 15.3. The normalized spacial score (nSPS) is 11.5. The van der Waals surface area contributed by atoms with Crippen molar-refractivity contribution < 1.29 is 23.9 Å². The van der Waals surface area contributed by atoms with Crippen LogP contribution in [-0.2, 0) is 14.4 Å². The minimum Gasteiger partial charge on any atom is -0.493 e. The number of halogens is 1. The number of amides is 3. The molecule has 0 radical (unpaired) electrons. The topological polar surface area (TPSA) is 118 Å². The average molecular weight is 461 g/mol. The first kappa shape index (κ1) is 24.7. The number of rotatable bonds is 9. The molecule has 0 heterocycles. The summed E-state index contributed by atoms with van der Waals surface area (Å²) in [5, 5.41) is 9.58. The van der Waals surface area contributed by atoms with E-state index in [0.29, 0.717) is 34.2 Å². The number of hydrogen-bond donors (Lipinski definition) is 3. The molecule has 0 aliphatic carbocycles. The number of carbonyl (C=O) groups is 3. The monoisotopic (exact) mass is 460 g/mol. The summed E-state index contributed by atoms with van der Waals surface area (Å²) < 4.78 is 10.8. The Bertz CT molecular complexity index is 979. The minimum atomic E-state index is -0.861. The Labute approximate surface area is 191 Å². The summed E-state index contributed by atoms with van der Waals surface area (Å²) in [4.78, 5) is 35.5. The number of methoxy groups -OCH3 is 1. The second-order valence-electron chi connectivity index (χ2n) is 6.74. The molecule has 0 spiro atoms. The van der Waals surface area contributed by atoms with Crippen LogP contribution in [0.15, 0.2) is 47.6 Å². The number of anilines is 1. The molecule has 0 unspecified atom stereocenters. The summed E-state index contributed by atoms with van der Waals surface area (Å²) in [6.45, 7) is 3.47. The molecule has 3 amide bonds. The second-order valence-corrected chi connectivity index (χ2v) is 7.17. The molecular weight excluding hydrogens is 436 g/mol. The van der Waals surface area contributed by atoms with E-state index in [9.17, 15) is 14.4 Å². The lowest BCUT2D eigenvalue weighted by Crippen LogP contribution is -2.41. The smallest absolute Gasteiger partial charge is 0.329 e. The molecule has 0 aliphatic rings. The highest BCUT2D eigenvalue weighted by molar-refractivity contribution is 6.35. The van der Waals surface area contributed by atoms with E-state index in [0.717, 1.165) is 0 Å². The predicted molar refractivity (Wildman–Crippen MR) is 122 cm³/mol. The number of benzene rings is 2. The number of ether oxygens (including phenoxy) is 2. The van der Waals surface area contributed by atoms with Gasteiger partial charge in [-0.1, -0.05) is 18.5 Å². The molecule has 2 aromatic carbocycles. The first-order valence-electron chi connectivity index (χ1n) is 9.82. The molecule has 1 atom stereocenters. The molecule has 32 heavy (non-hydrogen) atoms. The highest BCUT2D eigenvalue weighted by Crippen LogP contribution is 2.27. The van der Waals surface area contributed by atoms with Gasteiger partial charge in [-0.25, -0.2) is 5.43 Å². The Morgan fingerprint density at radius 2 is 1.81 bits per heavy atom. The maximum Gasteiger partial charge on any atom is 0.329 e. The van der Waals surface area contributed by atoms with Crippen LogP contribution in [0.5, 0.6) is 11.5 Å². The number of carbonyl (C=O) groups excluding carboxylic acids is 3. The summed E-state index contributed by atoms with van der Waals surface area (Å²) >= 11 is 5.82. The average Bonchev–Trinajstić information content (AvgIpc) is 2.79. The van der Waals surface area contributed by atoms with Crippen molar-refractivity contribution in [1.82, 2.24) is 10.7 Å². The molecule has 0 bridgehead atoms. The van der Waals surface area contributed by atoms with E-state index in [4.69, 9.17) is 21.1 Å². The van der Waals surface area contributed by atoms with E-state index in [-0.39, 0.29) is 18.6 Å². The molecular formula is C22H25ClN4O5. The van der Waals surface area contributed by atoms with Crippen molar-refractivity contribution in [3.8, 4) is 11.5 Å². The zero-order valence-corrected chi connectivity index (χ0v) is 18.7. The molecule has 10 heteroatoms. The van der Waals surface area contributed by atoms with Crippen LogP contribution < -0.4 is 25.5 Å². The van der Waals surface area contributed by atoms with Crippen molar-refractivity contribution in [2.45, 2.75) is 26.3 Å². The lowest BCUT2D eigenvalue weighted by atomic mass is 10.2. The highest BCUT2D eigenvalue weighted by atomic mass is 35.5. The van der Waals surface area contributed by atoms with Crippen LogP contribution >= 0.6 is 11.6 Å². The van der Waals surface area contributed by atoms with Crippen molar-refractivity contribution in [3.05, 3.63) is 53.1 Å². The van der Waals surface area contributed by atoms with Crippen molar-refractivity contribution in [2.24, 2.45) is 5.10 Å². The third-order valence-electron chi connectivity index (χ3n) is 4.25. The number of hydrogen-bond acceptors (Lipinski definition) is 6. The Hall–Kier alpha value is -3.59. The van der Waals surface area contributed by atoms with Gasteiger partial charge in [0.1, 0.15) is 0 Å². The maximum atomic E-state index is 12.1. The standard InChI is InChI=1S/C22H25ClN4O5/c1-4-14(2)25-21(29)22(30)27-24-12-15-5-10-18(19(11-15)31-3)32-13-20(28)26-17-8-6-16(23)7-9-17/h5-12,14H,4,13H2,1-3H3,(H,25,29)(H,26,28)(H,27,30)/b24-12-/t14-/m1/s1. The van der Waals surface area contributed by atoms with Crippen molar-refractivity contribution >= 4 is 41.2 Å². The summed E-state index contributed by atoms with van der Waals surface area (Å²) in [7, 11) is 1.46. The molecule has 0 saturated carbocycles. The van der Waals surface area contributed by atoms with Crippen LogP contribution in [0.1, 0.15) is 25.8 Å². The largest absolute Gasteiger partial charge is 0.493 e. The molecule has 0 fully saturated rings. The van der Waals surface area contributed by atoms with Crippen LogP contribution in [0.2, 0.25) is 5.02 Å². The van der Waals surface area contributed by atoms with Gasteiger partial charge in [0.15, 0.2) is 18.1 Å². The molecule has 0 aliphatic heterocycles. The van der Waals surface area contributed by atoms with Crippen LogP contribution in [0.4, 0.5) is 5.69 Å². The Morgan fingerprint density at radius 1 is 1.09 bits per heavy atom. The van der Waals surface area contributed by atoms with Crippen LogP contribution in [-0.4, -0.2) is 43.7 Å². The van der Waals surface area contributed by atoms with Gasteiger partial charge in [-0.15, -0.1) is 0 Å². The van der Waals surface area contributed by atoms with Crippen molar-refractivity contribution in [1.29, 1.82) is 0 Å².